The van der Waals surface area contributed by atoms with Crippen LogP contribution in [0.2, 0.25) is 0 Å². The average molecular weight is 951 g/mol. The van der Waals surface area contributed by atoms with Gasteiger partial charge in [-0.15, -0.1) is 0 Å². The number of benzene rings is 2. The van der Waals surface area contributed by atoms with Crippen LogP contribution in [0.15, 0.2) is 69.9 Å². The molecule has 0 radical (unpaired) electrons. The van der Waals surface area contributed by atoms with E-state index >= 15 is 0 Å². The first-order valence-corrected chi connectivity index (χ1v) is 26.4. The minimum atomic E-state index is 0.202. The number of likely N-dealkylation sites (tertiary alicyclic amines) is 4. The minimum Gasteiger partial charge on any atom is -0.494 e. The van der Waals surface area contributed by atoms with Crippen molar-refractivity contribution >= 4 is 5.91 Å². The van der Waals surface area contributed by atoms with Gasteiger partial charge < -0.3 is 42.5 Å². The van der Waals surface area contributed by atoms with Crippen molar-refractivity contribution in [2.75, 3.05) is 112 Å². The molecule has 0 saturated carbocycles. The summed E-state index contributed by atoms with van der Waals surface area (Å²) in [5.41, 5.74) is 3.71. The Kier molecular flexibility index (Phi) is 18.1. The van der Waals surface area contributed by atoms with Gasteiger partial charge >= 0.3 is 0 Å². The van der Waals surface area contributed by atoms with Gasteiger partial charge in [0.15, 0.2) is 0 Å². The van der Waals surface area contributed by atoms with Crippen LogP contribution < -0.4 is 9.47 Å². The normalized spacial score (nSPS) is 24.3. The zero-order valence-electron chi connectivity index (χ0n) is 41.5. The fourth-order valence-corrected chi connectivity index (χ4v) is 11.0. The molecule has 0 aliphatic carbocycles. The van der Waals surface area contributed by atoms with Gasteiger partial charge in [-0.1, -0.05) is 0 Å². The van der Waals surface area contributed by atoms with E-state index in [9.17, 15) is 4.79 Å². The van der Waals surface area contributed by atoms with Crippen LogP contribution >= 0.6 is 0 Å². The molecule has 4 atom stereocenters. The van der Waals surface area contributed by atoms with Crippen LogP contribution in [-0.4, -0.2) is 181 Å². The topological polar surface area (TPSA) is 125 Å². The highest BCUT2D eigenvalue weighted by atomic mass is 16.5. The SMILES string of the molecule is CC1CCCN1CCCOc1ccc(-c2nc(CN3C(=O)CC[C@H]3CN3CCOCC3)co2)cc1.CC1CCCN1CCCOc1ccc(-c2nc(CN3CCC[C@H]3CN3CCOCC3)co2)cc1. The highest BCUT2D eigenvalue weighted by Crippen LogP contribution is 2.28. The fourth-order valence-electron chi connectivity index (χ4n) is 11.0. The fraction of sp³-hybridized carbons (Fsp3) is 0.648. The van der Waals surface area contributed by atoms with Crippen molar-refractivity contribution in [3.05, 3.63) is 72.4 Å². The predicted octanol–water partition coefficient (Wildman–Crippen LogP) is 7.31. The van der Waals surface area contributed by atoms with Gasteiger partial charge in [-0.05, 0) is 140 Å². The molecule has 6 saturated heterocycles. The Morgan fingerprint density at radius 2 is 1.04 bits per heavy atom. The summed E-state index contributed by atoms with van der Waals surface area (Å²) in [5, 5.41) is 0. The second-order valence-electron chi connectivity index (χ2n) is 20.1. The second-order valence-corrected chi connectivity index (χ2v) is 20.1. The lowest BCUT2D eigenvalue weighted by Gasteiger charge is -2.32. The van der Waals surface area contributed by atoms with Crippen LogP contribution in [0.25, 0.3) is 22.9 Å². The Bertz CT molecular complexity index is 2140. The summed E-state index contributed by atoms with van der Waals surface area (Å²) < 4.78 is 34.5. The summed E-state index contributed by atoms with van der Waals surface area (Å²) in [6, 6.07) is 18.3. The number of carbonyl (C=O) groups excluding carboxylic acids is 1. The number of ether oxygens (including phenoxy) is 4. The third-order valence-electron chi connectivity index (χ3n) is 15.2. The van der Waals surface area contributed by atoms with Gasteiger partial charge in [0.2, 0.25) is 17.7 Å². The number of amides is 1. The number of aromatic nitrogens is 2. The molecule has 0 N–H and O–H groups in total. The number of rotatable bonds is 20. The maximum absolute atomic E-state index is 12.6. The lowest BCUT2D eigenvalue weighted by Crippen LogP contribution is -2.45. The highest BCUT2D eigenvalue weighted by molar-refractivity contribution is 5.78. The van der Waals surface area contributed by atoms with Crippen molar-refractivity contribution in [3.8, 4) is 34.4 Å². The third kappa shape index (κ3) is 14.2. The molecule has 4 aromatic rings. The van der Waals surface area contributed by atoms with E-state index in [1.807, 2.05) is 59.7 Å². The van der Waals surface area contributed by atoms with E-state index in [0.717, 1.165) is 164 Å². The third-order valence-corrected chi connectivity index (χ3v) is 15.2. The Morgan fingerprint density at radius 1 is 0.565 bits per heavy atom. The average Bonchev–Trinajstić information content (AvgIpc) is 4.27. The second kappa shape index (κ2) is 25.2. The smallest absolute Gasteiger partial charge is 0.226 e. The maximum Gasteiger partial charge on any atom is 0.226 e. The maximum atomic E-state index is 12.6. The molecule has 376 valence electrons. The number of hydrogen-bond donors (Lipinski definition) is 0. The van der Waals surface area contributed by atoms with Crippen molar-refractivity contribution in [2.45, 2.75) is 115 Å². The number of hydrogen-bond acceptors (Lipinski definition) is 14. The molecule has 0 spiro atoms. The molecule has 2 aromatic carbocycles. The Morgan fingerprint density at radius 3 is 1.55 bits per heavy atom. The van der Waals surface area contributed by atoms with Crippen LogP contribution in [0.3, 0.4) is 0 Å². The molecule has 69 heavy (non-hydrogen) atoms. The molecule has 15 nitrogen and oxygen atoms in total. The number of nitrogens with zero attached hydrogens (tertiary/aromatic N) is 8. The van der Waals surface area contributed by atoms with Gasteiger partial charge in [-0.25, -0.2) is 9.97 Å². The summed E-state index contributed by atoms with van der Waals surface area (Å²) in [6.07, 6.45) is 14.9. The first-order valence-electron chi connectivity index (χ1n) is 26.4. The molecular weight excluding hydrogens is 873 g/mol. The van der Waals surface area contributed by atoms with Crippen molar-refractivity contribution < 1.29 is 32.6 Å². The summed E-state index contributed by atoms with van der Waals surface area (Å²) in [6.45, 7) is 22.6. The van der Waals surface area contributed by atoms with Gasteiger partial charge in [-0.3, -0.25) is 19.5 Å². The molecule has 10 rings (SSSR count). The number of carbonyl (C=O) groups is 1. The lowest BCUT2D eigenvalue weighted by atomic mass is 10.2. The molecule has 15 heteroatoms. The van der Waals surface area contributed by atoms with Crippen molar-refractivity contribution in [3.63, 3.8) is 0 Å². The van der Waals surface area contributed by atoms with Crippen LogP contribution in [-0.2, 0) is 27.4 Å². The number of morpholine rings is 2. The molecule has 6 aliphatic rings. The molecule has 2 aromatic heterocycles. The Labute approximate surface area is 410 Å². The quantitative estimate of drug-likeness (QED) is 0.0823. The minimum absolute atomic E-state index is 0.202. The first-order chi connectivity index (χ1) is 33.9. The molecule has 6 aliphatic heterocycles. The largest absolute Gasteiger partial charge is 0.494 e. The first kappa shape index (κ1) is 49.6. The highest BCUT2D eigenvalue weighted by Gasteiger charge is 2.33. The number of oxazole rings is 2. The standard InChI is InChI=1S/C27H38N4O4.C27H40N4O3/c1-21-4-2-11-30(21)12-3-15-34-25-8-5-22(6-9-25)27-28-23(20-35-27)18-31-24(7-10-26(31)32)19-29-13-16-33-17-14-29;1-22-5-2-11-30(22)13-4-16-33-26-9-7-23(8-10-26)27-28-24(21-34-27)19-31-12-3-6-25(31)20-29-14-17-32-18-15-29/h5-6,8-9,20-21,24H,2-4,7,10-19H2,1H3;7-10,21-22,25H,2-6,11-20H2,1H3/t21?,24-;22?,25-/m00/s1. The zero-order chi connectivity index (χ0) is 47.2. The van der Waals surface area contributed by atoms with E-state index in [-0.39, 0.29) is 11.9 Å². The summed E-state index contributed by atoms with van der Waals surface area (Å²) in [5.74, 6) is 3.24. The van der Waals surface area contributed by atoms with Gasteiger partial charge in [-0.2, -0.15) is 0 Å². The van der Waals surface area contributed by atoms with Gasteiger partial charge in [0, 0.05) is 101 Å². The lowest BCUT2D eigenvalue weighted by molar-refractivity contribution is -0.130. The molecule has 0 bridgehead atoms. The van der Waals surface area contributed by atoms with E-state index < -0.39 is 0 Å². The molecule has 6 fully saturated rings. The molecule has 1 amide bonds. The van der Waals surface area contributed by atoms with Crippen LogP contribution in [0, 0.1) is 0 Å². The van der Waals surface area contributed by atoms with Crippen LogP contribution in [0.5, 0.6) is 11.5 Å². The molecule has 2 unspecified atom stereocenters. The Hall–Kier alpha value is -4.35. The van der Waals surface area contributed by atoms with E-state index in [4.69, 9.17) is 32.8 Å². The van der Waals surface area contributed by atoms with Gasteiger partial charge in [0.05, 0.1) is 57.6 Å². The summed E-state index contributed by atoms with van der Waals surface area (Å²) >= 11 is 0. The molecular formula is C54H78N8O7. The summed E-state index contributed by atoms with van der Waals surface area (Å²) in [4.78, 5) is 36.6. The zero-order valence-corrected chi connectivity index (χ0v) is 41.5. The van der Waals surface area contributed by atoms with Crippen LogP contribution in [0.1, 0.15) is 89.4 Å². The van der Waals surface area contributed by atoms with Crippen molar-refractivity contribution in [1.82, 2.24) is 39.4 Å². The van der Waals surface area contributed by atoms with E-state index in [1.54, 1.807) is 6.26 Å². The molecule has 8 heterocycles. The van der Waals surface area contributed by atoms with Crippen LogP contribution in [0.4, 0.5) is 0 Å². The summed E-state index contributed by atoms with van der Waals surface area (Å²) in [7, 11) is 0. The van der Waals surface area contributed by atoms with E-state index in [0.29, 0.717) is 36.8 Å². The van der Waals surface area contributed by atoms with Crippen molar-refractivity contribution in [1.29, 1.82) is 0 Å². The monoisotopic (exact) mass is 951 g/mol. The van der Waals surface area contributed by atoms with E-state index in [2.05, 4.69) is 43.3 Å². The van der Waals surface area contributed by atoms with E-state index in [1.165, 1.54) is 51.6 Å². The predicted molar refractivity (Wildman–Crippen MR) is 266 cm³/mol. The Balaban J connectivity index is 0.000000172. The van der Waals surface area contributed by atoms with Gasteiger partial charge in [0.25, 0.3) is 0 Å². The van der Waals surface area contributed by atoms with Crippen molar-refractivity contribution in [2.24, 2.45) is 0 Å². The van der Waals surface area contributed by atoms with Gasteiger partial charge in [0.1, 0.15) is 24.0 Å².